The van der Waals surface area contributed by atoms with Crippen LogP contribution in [0.3, 0.4) is 0 Å². The van der Waals surface area contributed by atoms with Crippen molar-refractivity contribution in [3.05, 3.63) is 45.7 Å². The molecule has 1 aliphatic rings. The highest BCUT2D eigenvalue weighted by molar-refractivity contribution is 5.45. The first-order chi connectivity index (χ1) is 11.3. The summed E-state index contributed by atoms with van der Waals surface area (Å²) in [6.45, 7) is 0.479. The molecule has 23 heavy (non-hydrogen) atoms. The molecule has 0 radical (unpaired) electrons. The van der Waals surface area contributed by atoms with E-state index in [2.05, 4.69) is 41.4 Å². The summed E-state index contributed by atoms with van der Waals surface area (Å²) in [5, 5.41) is 14.7. The highest BCUT2D eigenvalue weighted by Gasteiger charge is 2.27. The second kappa shape index (κ2) is 7.11. The lowest BCUT2D eigenvalue weighted by molar-refractivity contribution is 0.525. The first-order valence-electron chi connectivity index (χ1n) is 7.88. The van der Waals surface area contributed by atoms with Crippen molar-refractivity contribution in [3.8, 4) is 0 Å². The molecule has 2 aromatic heterocycles. The number of pyridine rings is 1. The van der Waals surface area contributed by atoms with Crippen molar-refractivity contribution in [2.24, 2.45) is 5.11 Å². The van der Waals surface area contributed by atoms with Crippen molar-refractivity contribution in [3.63, 3.8) is 0 Å². The molecule has 0 aromatic carbocycles. The van der Waals surface area contributed by atoms with Gasteiger partial charge in [0.05, 0.1) is 17.4 Å². The molecule has 1 aliphatic carbocycles. The lowest BCUT2D eigenvalue weighted by Gasteiger charge is -2.32. The fraction of sp³-hybridized carbons (Fsp3) is 0.533. The highest BCUT2D eigenvalue weighted by Crippen LogP contribution is 2.34. The molecule has 0 saturated carbocycles. The third kappa shape index (κ3) is 3.27. The minimum absolute atomic E-state index is 0.223. The topological polar surface area (TPSA) is 106 Å². The van der Waals surface area contributed by atoms with Crippen LogP contribution in [0.2, 0.25) is 0 Å². The van der Waals surface area contributed by atoms with Crippen molar-refractivity contribution in [1.82, 2.24) is 20.4 Å². The maximum Gasteiger partial charge on any atom is 0.174 e. The number of hydrogen-bond donors (Lipinski definition) is 1. The van der Waals surface area contributed by atoms with E-state index in [0.717, 1.165) is 49.3 Å². The van der Waals surface area contributed by atoms with Crippen molar-refractivity contribution in [2.45, 2.75) is 38.1 Å². The zero-order valence-electron chi connectivity index (χ0n) is 13.2. The summed E-state index contributed by atoms with van der Waals surface area (Å²) < 4.78 is 0. The van der Waals surface area contributed by atoms with Gasteiger partial charge in [-0.25, -0.2) is 0 Å². The largest absolute Gasteiger partial charge is 0.348 e. The monoisotopic (exact) mass is 312 g/mol. The molecule has 0 saturated heterocycles. The molecule has 0 amide bonds. The van der Waals surface area contributed by atoms with Crippen LogP contribution in [0.15, 0.2) is 23.4 Å². The number of aryl methyl sites for hydroxylation is 2. The fourth-order valence-electron chi connectivity index (χ4n) is 3.17. The maximum absolute atomic E-state index is 8.34. The molecule has 120 valence electrons. The van der Waals surface area contributed by atoms with Crippen molar-refractivity contribution >= 4 is 5.82 Å². The number of hydrogen-bond acceptors (Lipinski definition) is 5. The number of rotatable bonds is 6. The third-order valence-electron chi connectivity index (χ3n) is 4.31. The van der Waals surface area contributed by atoms with E-state index in [9.17, 15) is 0 Å². The minimum atomic E-state index is 0.223. The SMILES string of the molecule is CN(c1nn[nH]c1CCCN=[N+]=[N-])C1CCCc2cccnc21. The quantitative estimate of drug-likeness (QED) is 0.383. The zero-order chi connectivity index (χ0) is 16.1. The van der Waals surface area contributed by atoms with Crippen LogP contribution in [0, 0.1) is 0 Å². The van der Waals surface area contributed by atoms with E-state index in [4.69, 9.17) is 5.53 Å². The summed E-state index contributed by atoms with van der Waals surface area (Å²) in [4.78, 5) is 9.53. The summed E-state index contributed by atoms with van der Waals surface area (Å²) in [5.74, 6) is 0.856. The first-order valence-corrected chi connectivity index (χ1v) is 7.88. The molecule has 0 aliphatic heterocycles. The van der Waals surface area contributed by atoms with Gasteiger partial charge in [0.15, 0.2) is 5.82 Å². The predicted octanol–water partition coefficient (Wildman–Crippen LogP) is 2.96. The Balaban J connectivity index is 1.78. The van der Waals surface area contributed by atoms with Crippen molar-refractivity contribution in [2.75, 3.05) is 18.5 Å². The van der Waals surface area contributed by atoms with Gasteiger partial charge in [-0.05, 0) is 49.3 Å². The van der Waals surface area contributed by atoms with Gasteiger partial charge >= 0.3 is 0 Å². The van der Waals surface area contributed by atoms with Gasteiger partial charge in [-0.15, -0.1) is 5.10 Å². The Bertz CT molecular complexity index is 703. The number of anilines is 1. The number of aromatic amines is 1. The van der Waals surface area contributed by atoms with Crippen LogP contribution in [0.4, 0.5) is 5.82 Å². The van der Waals surface area contributed by atoms with E-state index < -0.39 is 0 Å². The van der Waals surface area contributed by atoms with Gasteiger partial charge in [-0.1, -0.05) is 16.4 Å². The Labute approximate surface area is 134 Å². The fourth-order valence-corrected chi connectivity index (χ4v) is 3.17. The van der Waals surface area contributed by atoms with Gasteiger partial charge in [0, 0.05) is 24.7 Å². The van der Waals surface area contributed by atoms with E-state index >= 15 is 0 Å². The lowest BCUT2D eigenvalue weighted by Crippen LogP contribution is -2.29. The first kappa shape index (κ1) is 15.3. The molecule has 1 unspecified atom stereocenters. The van der Waals surface area contributed by atoms with Crippen LogP contribution in [-0.4, -0.2) is 34.0 Å². The van der Waals surface area contributed by atoms with Gasteiger partial charge in [-0.2, -0.15) is 0 Å². The molecular weight excluding hydrogens is 292 g/mol. The second-order valence-electron chi connectivity index (χ2n) is 5.74. The summed E-state index contributed by atoms with van der Waals surface area (Å²) in [6, 6.07) is 4.38. The van der Waals surface area contributed by atoms with Crippen LogP contribution in [0.1, 0.15) is 42.3 Å². The highest BCUT2D eigenvalue weighted by atomic mass is 15.4. The predicted molar refractivity (Wildman–Crippen MR) is 87.0 cm³/mol. The second-order valence-corrected chi connectivity index (χ2v) is 5.74. The number of fused-ring (bicyclic) bond motifs is 1. The summed E-state index contributed by atoms with van der Waals surface area (Å²) in [6.07, 6.45) is 6.69. The Kier molecular flexibility index (Phi) is 4.73. The number of nitrogens with zero attached hydrogens (tertiary/aromatic N) is 7. The Morgan fingerprint density at radius 3 is 3.30 bits per heavy atom. The average molecular weight is 312 g/mol. The number of H-pyrrole nitrogens is 1. The molecule has 1 atom stereocenters. The van der Waals surface area contributed by atoms with Crippen molar-refractivity contribution in [1.29, 1.82) is 0 Å². The minimum Gasteiger partial charge on any atom is -0.348 e. The Hall–Kier alpha value is -2.60. The van der Waals surface area contributed by atoms with Gasteiger partial charge in [0.25, 0.3) is 0 Å². The molecule has 8 nitrogen and oxygen atoms in total. The van der Waals surface area contributed by atoms with Gasteiger partial charge in [-0.3, -0.25) is 10.1 Å². The van der Waals surface area contributed by atoms with E-state index in [1.54, 1.807) is 0 Å². The summed E-state index contributed by atoms with van der Waals surface area (Å²) >= 11 is 0. The van der Waals surface area contributed by atoms with Crippen LogP contribution in [-0.2, 0) is 12.8 Å². The summed E-state index contributed by atoms with van der Waals surface area (Å²) in [7, 11) is 2.04. The Morgan fingerprint density at radius 2 is 2.43 bits per heavy atom. The van der Waals surface area contributed by atoms with E-state index in [1.165, 1.54) is 5.56 Å². The van der Waals surface area contributed by atoms with E-state index in [-0.39, 0.29) is 6.04 Å². The van der Waals surface area contributed by atoms with Gasteiger partial charge < -0.3 is 4.90 Å². The smallest absolute Gasteiger partial charge is 0.174 e. The molecule has 8 heteroatoms. The Morgan fingerprint density at radius 1 is 1.52 bits per heavy atom. The van der Waals surface area contributed by atoms with Gasteiger partial charge in [0.1, 0.15) is 0 Å². The zero-order valence-corrected chi connectivity index (χ0v) is 13.2. The summed E-state index contributed by atoms with van der Waals surface area (Å²) in [5.41, 5.74) is 11.8. The van der Waals surface area contributed by atoms with Crippen LogP contribution in [0.25, 0.3) is 10.4 Å². The maximum atomic E-state index is 8.34. The normalized spacial score (nSPS) is 16.5. The number of nitrogens with one attached hydrogen (secondary N) is 1. The van der Waals surface area contributed by atoms with Crippen LogP contribution in [0.5, 0.6) is 0 Å². The number of aromatic nitrogens is 4. The average Bonchev–Trinajstić information content (AvgIpc) is 3.06. The molecule has 3 rings (SSSR count). The standard InChI is InChI=1S/C15H20N8/c1-23(13-8-2-5-11-6-3-9-17-14(11)13)15-12(19-22-20-15)7-4-10-18-21-16/h3,6,9,13H,2,4-5,7-8,10H2,1H3,(H,19,20,22). The van der Waals surface area contributed by atoms with Gasteiger partial charge in [0.2, 0.25) is 0 Å². The molecule has 0 bridgehead atoms. The van der Waals surface area contributed by atoms with Crippen LogP contribution < -0.4 is 4.90 Å². The molecule has 1 N–H and O–H groups in total. The molecule has 2 aromatic rings. The van der Waals surface area contributed by atoms with E-state index in [0.29, 0.717) is 6.54 Å². The molecule has 0 fully saturated rings. The molecule has 0 spiro atoms. The third-order valence-corrected chi connectivity index (χ3v) is 4.31. The van der Waals surface area contributed by atoms with E-state index in [1.807, 2.05) is 19.3 Å². The lowest BCUT2D eigenvalue weighted by atomic mass is 9.91. The molecule has 2 heterocycles. The number of azide groups is 1. The van der Waals surface area contributed by atoms with Crippen LogP contribution >= 0.6 is 0 Å². The molecular formula is C15H20N8. The van der Waals surface area contributed by atoms with Crippen molar-refractivity contribution < 1.29 is 0 Å².